The number of carbonyl (C=O) groups excluding carboxylic acids is 2. The summed E-state index contributed by atoms with van der Waals surface area (Å²) in [6.45, 7) is 11.5. The van der Waals surface area contributed by atoms with E-state index in [2.05, 4.69) is 49.8 Å². The average molecular weight is 434 g/mol. The van der Waals surface area contributed by atoms with Crippen molar-refractivity contribution in [3.05, 3.63) is 67.0 Å². The van der Waals surface area contributed by atoms with E-state index in [0.717, 1.165) is 29.5 Å². The molecule has 32 heavy (non-hydrogen) atoms. The molecule has 2 aromatic rings. The van der Waals surface area contributed by atoms with Crippen LogP contribution >= 0.6 is 0 Å². The number of carbonyl (C=O) groups is 2. The second-order valence-electron chi connectivity index (χ2n) is 10.0. The van der Waals surface area contributed by atoms with Crippen LogP contribution in [0.2, 0.25) is 0 Å². The lowest BCUT2D eigenvalue weighted by Crippen LogP contribution is -2.54. The molecular weight excluding hydrogens is 398 g/mol. The van der Waals surface area contributed by atoms with Crippen LogP contribution in [0.5, 0.6) is 0 Å². The smallest absolute Gasteiger partial charge is 0.228 e. The van der Waals surface area contributed by atoms with Crippen LogP contribution in [0.25, 0.3) is 11.1 Å². The molecule has 1 saturated heterocycles. The van der Waals surface area contributed by atoms with Gasteiger partial charge in [0.05, 0.1) is 5.41 Å². The van der Waals surface area contributed by atoms with E-state index in [4.69, 9.17) is 0 Å². The summed E-state index contributed by atoms with van der Waals surface area (Å²) in [5, 5.41) is 3.02. The van der Waals surface area contributed by atoms with Crippen molar-refractivity contribution in [1.82, 2.24) is 15.2 Å². The second-order valence-corrected chi connectivity index (χ2v) is 10.0. The minimum Gasteiger partial charge on any atom is -0.352 e. The van der Waals surface area contributed by atoms with Crippen LogP contribution in [0.4, 0.5) is 0 Å². The van der Waals surface area contributed by atoms with Gasteiger partial charge in [-0.2, -0.15) is 0 Å². The molecule has 1 N–H and O–H groups in total. The second kappa shape index (κ2) is 10.1. The summed E-state index contributed by atoms with van der Waals surface area (Å²) >= 11 is 0. The molecule has 2 amide bonds. The normalized spacial score (nSPS) is 18.8. The number of piperidine rings is 1. The predicted octanol–water partition coefficient (Wildman–Crippen LogP) is 4.64. The summed E-state index contributed by atoms with van der Waals surface area (Å²) in [6.07, 6.45) is 7.91. The van der Waals surface area contributed by atoms with Crippen LogP contribution in [0.3, 0.4) is 0 Å². The predicted molar refractivity (Wildman–Crippen MR) is 129 cm³/mol. The van der Waals surface area contributed by atoms with Crippen LogP contribution in [0.15, 0.2) is 61.4 Å². The van der Waals surface area contributed by atoms with Crippen molar-refractivity contribution in [2.24, 2.45) is 10.8 Å². The third-order valence-corrected chi connectivity index (χ3v) is 6.02. The third-order valence-electron chi connectivity index (χ3n) is 6.02. The summed E-state index contributed by atoms with van der Waals surface area (Å²) in [5.41, 5.74) is 2.44. The zero-order valence-corrected chi connectivity index (χ0v) is 19.6. The molecule has 1 fully saturated rings. The van der Waals surface area contributed by atoms with E-state index in [-0.39, 0.29) is 17.2 Å². The van der Waals surface area contributed by atoms with Gasteiger partial charge in [0, 0.05) is 44.0 Å². The Kier molecular flexibility index (Phi) is 7.49. The first-order valence-electron chi connectivity index (χ1n) is 11.4. The molecule has 1 aromatic carbocycles. The minimum absolute atomic E-state index is 0.00773. The van der Waals surface area contributed by atoms with Gasteiger partial charge in [0.15, 0.2) is 0 Å². The SMILES string of the molecule is C=CCNC(=O)[C@@]1(Cc2ccccc2-c2cccnc2)CCCN(C(=O)CC(C)(C)C)C1. The highest BCUT2D eigenvalue weighted by Gasteiger charge is 2.44. The van der Waals surface area contributed by atoms with Gasteiger partial charge in [0.25, 0.3) is 0 Å². The van der Waals surface area contributed by atoms with Gasteiger partial charge in [-0.15, -0.1) is 6.58 Å². The summed E-state index contributed by atoms with van der Waals surface area (Å²) in [6, 6.07) is 12.1. The first-order chi connectivity index (χ1) is 15.2. The molecule has 5 heteroatoms. The van der Waals surface area contributed by atoms with Gasteiger partial charge in [0.1, 0.15) is 0 Å². The fourth-order valence-electron chi connectivity index (χ4n) is 4.52. The van der Waals surface area contributed by atoms with Crippen LogP contribution < -0.4 is 5.32 Å². The zero-order chi connectivity index (χ0) is 23.2. The number of rotatable bonds is 7. The number of benzene rings is 1. The Morgan fingerprint density at radius 1 is 1.22 bits per heavy atom. The zero-order valence-electron chi connectivity index (χ0n) is 19.6. The molecule has 2 heterocycles. The van der Waals surface area contributed by atoms with E-state index in [0.29, 0.717) is 32.5 Å². The highest BCUT2D eigenvalue weighted by atomic mass is 16.2. The van der Waals surface area contributed by atoms with Crippen molar-refractivity contribution in [3.8, 4) is 11.1 Å². The Morgan fingerprint density at radius 2 is 2.00 bits per heavy atom. The quantitative estimate of drug-likeness (QED) is 0.647. The molecule has 3 rings (SSSR count). The maximum Gasteiger partial charge on any atom is 0.228 e. The molecular formula is C27H35N3O2. The van der Waals surface area contributed by atoms with Gasteiger partial charge < -0.3 is 10.2 Å². The maximum absolute atomic E-state index is 13.5. The molecule has 1 atom stereocenters. The van der Waals surface area contributed by atoms with E-state index < -0.39 is 5.41 Å². The average Bonchev–Trinajstić information content (AvgIpc) is 2.77. The molecule has 1 aliphatic rings. The fraction of sp³-hybridized carbons (Fsp3) is 0.444. The molecule has 5 nitrogen and oxygen atoms in total. The van der Waals surface area contributed by atoms with Crippen molar-refractivity contribution >= 4 is 11.8 Å². The van der Waals surface area contributed by atoms with Crippen LogP contribution in [-0.4, -0.2) is 41.3 Å². The van der Waals surface area contributed by atoms with Crippen molar-refractivity contribution in [1.29, 1.82) is 0 Å². The molecule has 0 unspecified atom stereocenters. The van der Waals surface area contributed by atoms with E-state index in [1.807, 2.05) is 35.4 Å². The minimum atomic E-state index is -0.673. The van der Waals surface area contributed by atoms with E-state index in [9.17, 15) is 9.59 Å². The topological polar surface area (TPSA) is 62.3 Å². The van der Waals surface area contributed by atoms with Gasteiger partial charge in [-0.05, 0) is 41.9 Å². The lowest BCUT2D eigenvalue weighted by molar-refractivity contribution is -0.142. The van der Waals surface area contributed by atoms with E-state index in [1.54, 1.807) is 12.3 Å². The van der Waals surface area contributed by atoms with Gasteiger partial charge in [0.2, 0.25) is 11.8 Å². The van der Waals surface area contributed by atoms with Crippen LogP contribution in [-0.2, 0) is 16.0 Å². The number of hydrogen-bond acceptors (Lipinski definition) is 3. The third kappa shape index (κ3) is 5.84. The van der Waals surface area contributed by atoms with Crippen molar-refractivity contribution < 1.29 is 9.59 Å². The molecule has 0 radical (unpaired) electrons. The van der Waals surface area contributed by atoms with Crippen LogP contribution in [0, 0.1) is 10.8 Å². The Morgan fingerprint density at radius 3 is 2.69 bits per heavy atom. The lowest BCUT2D eigenvalue weighted by Gasteiger charge is -2.42. The van der Waals surface area contributed by atoms with Crippen molar-refractivity contribution in [2.45, 2.75) is 46.5 Å². The van der Waals surface area contributed by atoms with E-state index in [1.165, 1.54) is 0 Å². The maximum atomic E-state index is 13.5. The largest absolute Gasteiger partial charge is 0.352 e. The van der Waals surface area contributed by atoms with E-state index >= 15 is 0 Å². The molecule has 0 saturated carbocycles. The van der Waals surface area contributed by atoms with Crippen molar-refractivity contribution in [2.75, 3.05) is 19.6 Å². The molecule has 0 aliphatic carbocycles. The highest BCUT2D eigenvalue weighted by molar-refractivity contribution is 5.85. The van der Waals surface area contributed by atoms with Crippen molar-refractivity contribution in [3.63, 3.8) is 0 Å². The van der Waals surface area contributed by atoms with Gasteiger partial charge in [-0.1, -0.05) is 57.2 Å². The molecule has 1 aliphatic heterocycles. The first-order valence-corrected chi connectivity index (χ1v) is 11.4. The number of nitrogens with one attached hydrogen (secondary N) is 1. The van der Waals surface area contributed by atoms with Gasteiger partial charge in [-0.3, -0.25) is 14.6 Å². The highest BCUT2D eigenvalue weighted by Crippen LogP contribution is 2.38. The number of aromatic nitrogens is 1. The number of amides is 2. The number of hydrogen-bond donors (Lipinski definition) is 1. The summed E-state index contributed by atoms with van der Waals surface area (Å²) in [7, 11) is 0. The lowest BCUT2D eigenvalue weighted by atomic mass is 9.73. The Hall–Kier alpha value is -2.95. The fourth-order valence-corrected chi connectivity index (χ4v) is 4.52. The summed E-state index contributed by atoms with van der Waals surface area (Å²) < 4.78 is 0. The molecule has 1 aromatic heterocycles. The summed E-state index contributed by atoms with van der Waals surface area (Å²) in [5.74, 6) is 0.116. The molecule has 0 bridgehead atoms. The molecule has 0 spiro atoms. The number of nitrogens with zero attached hydrogens (tertiary/aromatic N) is 2. The monoisotopic (exact) mass is 433 g/mol. The first kappa shape index (κ1) is 23.7. The van der Waals surface area contributed by atoms with Crippen LogP contribution in [0.1, 0.15) is 45.6 Å². The number of pyridine rings is 1. The Bertz CT molecular complexity index is 949. The van der Waals surface area contributed by atoms with Gasteiger partial charge >= 0.3 is 0 Å². The van der Waals surface area contributed by atoms with Gasteiger partial charge in [-0.25, -0.2) is 0 Å². The standard InChI is InChI=1S/C27H35N3O2/c1-5-14-29-25(32)27(13-9-16-30(20-27)24(31)18-26(2,3)4)17-21-10-6-7-12-23(21)22-11-8-15-28-19-22/h5-8,10-12,15,19H,1,9,13-14,16-18,20H2,2-4H3,(H,29,32)/t27-/m1/s1. The Balaban J connectivity index is 1.94. The Labute approximate surface area is 191 Å². The number of likely N-dealkylation sites (tertiary alicyclic amines) is 1. The molecule has 170 valence electrons. The summed E-state index contributed by atoms with van der Waals surface area (Å²) in [4.78, 5) is 32.7.